The van der Waals surface area contributed by atoms with Crippen LogP contribution >= 0.6 is 12.4 Å². The number of sulfonamides is 1. The summed E-state index contributed by atoms with van der Waals surface area (Å²) in [6.45, 7) is 3.20. The van der Waals surface area contributed by atoms with Crippen molar-refractivity contribution in [3.8, 4) is 0 Å². The number of hydrogen-bond donors (Lipinski definition) is 2. The van der Waals surface area contributed by atoms with Crippen molar-refractivity contribution in [2.24, 2.45) is 5.73 Å². The highest BCUT2D eigenvalue weighted by molar-refractivity contribution is 7.89. The van der Waals surface area contributed by atoms with Crippen LogP contribution in [0.5, 0.6) is 0 Å². The molecule has 1 aliphatic heterocycles. The second kappa shape index (κ2) is 10.1. The maximum Gasteiger partial charge on any atom is 0.243 e. The average Bonchev–Trinajstić information content (AvgIpc) is 2.59. The molecule has 2 rings (SSSR count). The Kier molecular flexibility index (Phi) is 8.85. The van der Waals surface area contributed by atoms with Gasteiger partial charge in [0, 0.05) is 32.1 Å². The van der Waals surface area contributed by atoms with Crippen molar-refractivity contribution in [2.45, 2.75) is 56.5 Å². The molecule has 25 heavy (non-hydrogen) atoms. The lowest BCUT2D eigenvalue weighted by Crippen LogP contribution is -2.36. The van der Waals surface area contributed by atoms with Gasteiger partial charge in [-0.05, 0) is 37.8 Å². The van der Waals surface area contributed by atoms with Gasteiger partial charge in [0.1, 0.15) is 0 Å². The monoisotopic (exact) mass is 389 g/mol. The van der Waals surface area contributed by atoms with Crippen molar-refractivity contribution in [2.75, 3.05) is 13.1 Å². The topological polar surface area (TPSA) is 92.5 Å². The van der Waals surface area contributed by atoms with E-state index in [1.165, 1.54) is 0 Å². The molecule has 0 aliphatic carbocycles. The van der Waals surface area contributed by atoms with Crippen LogP contribution in [0.15, 0.2) is 29.2 Å². The van der Waals surface area contributed by atoms with Crippen molar-refractivity contribution in [1.82, 2.24) is 9.62 Å². The van der Waals surface area contributed by atoms with E-state index in [1.54, 1.807) is 28.6 Å². The summed E-state index contributed by atoms with van der Waals surface area (Å²) in [6, 6.07) is 6.86. The van der Waals surface area contributed by atoms with Crippen LogP contribution in [0.2, 0.25) is 0 Å². The second-order valence-corrected chi connectivity index (χ2v) is 8.27. The van der Waals surface area contributed by atoms with E-state index in [0.29, 0.717) is 36.4 Å². The predicted octanol–water partition coefficient (Wildman–Crippen LogP) is 2.03. The standard InChI is InChI=1S/C17H27N3O3S.ClH/c1-14(18)9-10-17(21)19-13-15-7-3-4-8-16(15)24(22,23)20-11-5-2-6-12-20;/h3-4,7-8,14H,2,5-6,9-13,18H2,1H3,(H,19,21);1H. The van der Waals surface area contributed by atoms with Gasteiger partial charge in [-0.1, -0.05) is 24.6 Å². The zero-order valence-corrected chi connectivity index (χ0v) is 16.2. The molecule has 0 radical (unpaired) electrons. The number of carbonyl (C=O) groups excluding carboxylic acids is 1. The lowest BCUT2D eigenvalue weighted by molar-refractivity contribution is -0.121. The molecule has 1 aromatic rings. The van der Waals surface area contributed by atoms with Crippen LogP contribution < -0.4 is 11.1 Å². The quantitative estimate of drug-likeness (QED) is 0.746. The molecule has 1 aromatic carbocycles. The lowest BCUT2D eigenvalue weighted by Gasteiger charge is -2.26. The van der Waals surface area contributed by atoms with Gasteiger partial charge in [0.05, 0.1) is 4.90 Å². The van der Waals surface area contributed by atoms with Crippen LogP contribution in [0.25, 0.3) is 0 Å². The van der Waals surface area contributed by atoms with Crippen LogP contribution in [0.3, 0.4) is 0 Å². The summed E-state index contributed by atoms with van der Waals surface area (Å²) in [6.07, 6.45) is 3.83. The molecule has 1 saturated heterocycles. The number of nitrogens with one attached hydrogen (secondary N) is 1. The summed E-state index contributed by atoms with van der Waals surface area (Å²) in [5.41, 5.74) is 6.27. The Hall–Kier alpha value is -1.15. The van der Waals surface area contributed by atoms with Gasteiger partial charge in [-0.25, -0.2) is 8.42 Å². The van der Waals surface area contributed by atoms with Gasteiger partial charge in [0.15, 0.2) is 0 Å². The summed E-state index contributed by atoms with van der Waals surface area (Å²) < 4.78 is 27.3. The Morgan fingerprint density at radius 1 is 1.24 bits per heavy atom. The number of carbonyl (C=O) groups is 1. The number of rotatable bonds is 7. The molecule has 1 atom stereocenters. The average molecular weight is 390 g/mol. The van der Waals surface area contributed by atoms with E-state index >= 15 is 0 Å². The van der Waals surface area contributed by atoms with Crippen LogP contribution in [0.4, 0.5) is 0 Å². The molecular weight excluding hydrogens is 362 g/mol. The van der Waals surface area contributed by atoms with E-state index in [0.717, 1.165) is 19.3 Å². The van der Waals surface area contributed by atoms with Crippen molar-refractivity contribution in [1.29, 1.82) is 0 Å². The summed E-state index contributed by atoms with van der Waals surface area (Å²) in [4.78, 5) is 12.1. The number of nitrogens with two attached hydrogens (primary N) is 1. The van der Waals surface area contributed by atoms with E-state index < -0.39 is 10.0 Å². The molecule has 8 heteroatoms. The summed E-state index contributed by atoms with van der Waals surface area (Å²) in [5, 5.41) is 2.79. The van der Waals surface area contributed by atoms with Crippen molar-refractivity contribution < 1.29 is 13.2 Å². The molecule has 0 spiro atoms. The van der Waals surface area contributed by atoms with E-state index in [4.69, 9.17) is 5.73 Å². The molecule has 0 aromatic heterocycles. The molecule has 1 heterocycles. The van der Waals surface area contributed by atoms with E-state index in [1.807, 2.05) is 6.92 Å². The highest BCUT2D eigenvalue weighted by Gasteiger charge is 2.27. The fraction of sp³-hybridized carbons (Fsp3) is 0.588. The Labute approximate surface area is 156 Å². The Bertz CT molecular complexity index is 659. The third-order valence-electron chi connectivity index (χ3n) is 4.21. The van der Waals surface area contributed by atoms with Crippen LogP contribution in [0.1, 0.15) is 44.6 Å². The second-order valence-electron chi connectivity index (χ2n) is 6.37. The zero-order chi connectivity index (χ0) is 17.6. The summed E-state index contributed by atoms with van der Waals surface area (Å²) in [7, 11) is -3.50. The Balaban J connectivity index is 0.00000312. The molecule has 1 fully saturated rings. The van der Waals surface area contributed by atoms with Gasteiger partial charge in [0.2, 0.25) is 15.9 Å². The van der Waals surface area contributed by atoms with Gasteiger partial charge in [-0.3, -0.25) is 4.79 Å². The predicted molar refractivity (Wildman–Crippen MR) is 101 cm³/mol. The molecule has 3 N–H and O–H groups in total. The minimum Gasteiger partial charge on any atom is -0.352 e. The van der Waals surface area contributed by atoms with Crippen LogP contribution in [-0.2, 0) is 21.4 Å². The van der Waals surface area contributed by atoms with Crippen molar-refractivity contribution >= 4 is 28.3 Å². The molecule has 0 bridgehead atoms. The number of halogens is 1. The molecule has 6 nitrogen and oxygen atoms in total. The minimum absolute atomic E-state index is 0. The first-order valence-electron chi connectivity index (χ1n) is 8.51. The van der Waals surface area contributed by atoms with Gasteiger partial charge < -0.3 is 11.1 Å². The summed E-state index contributed by atoms with van der Waals surface area (Å²) >= 11 is 0. The fourth-order valence-corrected chi connectivity index (χ4v) is 4.53. The first-order valence-corrected chi connectivity index (χ1v) is 9.95. The third-order valence-corrected chi connectivity index (χ3v) is 6.21. The molecule has 1 amide bonds. The maximum atomic E-state index is 12.9. The van der Waals surface area contributed by atoms with E-state index in [2.05, 4.69) is 5.32 Å². The molecule has 1 aliphatic rings. The van der Waals surface area contributed by atoms with Gasteiger partial charge >= 0.3 is 0 Å². The number of nitrogens with zero attached hydrogens (tertiary/aromatic N) is 1. The maximum absolute atomic E-state index is 12.9. The first kappa shape index (κ1) is 21.9. The molecule has 142 valence electrons. The number of hydrogen-bond acceptors (Lipinski definition) is 4. The van der Waals surface area contributed by atoms with Gasteiger partial charge in [-0.2, -0.15) is 4.31 Å². The lowest BCUT2D eigenvalue weighted by atomic mass is 10.2. The van der Waals surface area contributed by atoms with Gasteiger partial charge in [0.25, 0.3) is 0 Å². The SMILES string of the molecule is CC(N)CCC(=O)NCc1ccccc1S(=O)(=O)N1CCCCC1.Cl. The van der Waals surface area contributed by atoms with Crippen molar-refractivity contribution in [3.05, 3.63) is 29.8 Å². The van der Waals surface area contributed by atoms with Gasteiger partial charge in [-0.15, -0.1) is 12.4 Å². The molecule has 0 saturated carbocycles. The fourth-order valence-electron chi connectivity index (χ4n) is 2.79. The highest BCUT2D eigenvalue weighted by atomic mass is 35.5. The minimum atomic E-state index is -3.50. The largest absolute Gasteiger partial charge is 0.352 e. The normalized spacial score (nSPS) is 16.7. The van der Waals surface area contributed by atoms with Crippen LogP contribution in [0, 0.1) is 0 Å². The van der Waals surface area contributed by atoms with Crippen LogP contribution in [-0.4, -0.2) is 37.8 Å². The summed E-state index contributed by atoms with van der Waals surface area (Å²) in [5.74, 6) is -0.113. The zero-order valence-electron chi connectivity index (χ0n) is 14.6. The van der Waals surface area contributed by atoms with E-state index in [9.17, 15) is 13.2 Å². The molecular formula is C17H28ClN3O3S. The third kappa shape index (κ3) is 6.26. The number of benzene rings is 1. The Morgan fingerprint density at radius 2 is 1.88 bits per heavy atom. The first-order chi connectivity index (χ1) is 11.4. The number of piperidine rings is 1. The Morgan fingerprint density at radius 3 is 2.52 bits per heavy atom. The molecule has 1 unspecified atom stereocenters. The van der Waals surface area contributed by atoms with Crippen molar-refractivity contribution in [3.63, 3.8) is 0 Å². The van der Waals surface area contributed by atoms with E-state index in [-0.39, 0.29) is 30.9 Å². The number of amides is 1. The highest BCUT2D eigenvalue weighted by Crippen LogP contribution is 2.23. The smallest absolute Gasteiger partial charge is 0.243 e.